The molecule has 1 amide bonds. The van der Waals surface area contributed by atoms with Crippen LogP contribution in [0.25, 0.3) is 0 Å². The summed E-state index contributed by atoms with van der Waals surface area (Å²) < 4.78 is 7.15. The number of hydrogen-bond acceptors (Lipinski definition) is 5. The maximum Gasteiger partial charge on any atom is 0.234 e. The van der Waals surface area contributed by atoms with E-state index in [1.165, 1.54) is 11.8 Å². The molecule has 0 aliphatic carbocycles. The molecule has 0 bridgehead atoms. The second-order valence-corrected chi connectivity index (χ2v) is 6.50. The minimum Gasteiger partial charge on any atom is -0.467 e. The van der Waals surface area contributed by atoms with Gasteiger partial charge in [0.2, 0.25) is 5.91 Å². The van der Waals surface area contributed by atoms with Crippen LogP contribution in [0.4, 0.5) is 5.69 Å². The Hall–Kier alpha value is -2.25. The number of amides is 1. The number of aryl methyl sites for hydroxylation is 1. The van der Waals surface area contributed by atoms with Gasteiger partial charge in [0.15, 0.2) is 5.16 Å². The number of furan rings is 1. The van der Waals surface area contributed by atoms with E-state index in [9.17, 15) is 4.79 Å². The number of halogens is 1. The predicted octanol–water partition coefficient (Wildman–Crippen LogP) is 3.61. The third kappa shape index (κ3) is 4.18. The quantitative estimate of drug-likeness (QED) is 0.678. The molecule has 0 saturated heterocycles. The van der Waals surface area contributed by atoms with E-state index in [0.29, 0.717) is 22.4 Å². The summed E-state index contributed by atoms with van der Waals surface area (Å²) in [6.07, 6.45) is 3.23. The second-order valence-electron chi connectivity index (χ2n) is 5.12. The number of benzene rings is 1. The Bertz CT molecular complexity index is 832. The van der Waals surface area contributed by atoms with Crippen molar-refractivity contribution in [3.8, 4) is 0 Å². The Morgan fingerprint density at radius 2 is 2.29 bits per heavy atom. The molecule has 0 spiro atoms. The Balaban J connectivity index is 1.59. The van der Waals surface area contributed by atoms with Crippen molar-refractivity contribution < 1.29 is 9.21 Å². The van der Waals surface area contributed by atoms with E-state index in [1.54, 1.807) is 24.7 Å². The van der Waals surface area contributed by atoms with Gasteiger partial charge in [-0.3, -0.25) is 4.79 Å². The lowest BCUT2D eigenvalue weighted by Crippen LogP contribution is -2.15. The highest BCUT2D eigenvalue weighted by atomic mass is 35.5. The maximum absolute atomic E-state index is 12.1. The highest BCUT2D eigenvalue weighted by Gasteiger charge is 2.11. The van der Waals surface area contributed by atoms with Crippen molar-refractivity contribution >= 4 is 35.0 Å². The molecular weight excluding hydrogens is 348 g/mol. The molecule has 0 aliphatic rings. The van der Waals surface area contributed by atoms with Crippen molar-refractivity contribution in [3.63, 3.8) is 0 Å². The van der Waals surface area contributed by atoms with Crippen molar-refractivity contribution in [1.29, 1.82) is 0 Å². The van der Waals surface area contributed by atoms with Gasteiger partial charge in [-0.05, 0) is 36.8 Å². The first-order valence-corrected chi connectivity index (χ1v) is 8.57. The molecule has 1 aromatic carbocycles. The fourth-order valence-corrected chi connectivity index (χ4v) is 2.97. The van der Waals surface area contributed by atoms with Crippen molar-refractivity contribution in [2.45, 2.75) is 18.6 Å². The molecule has 24 heavy (non-hydrogen) atoms. The second kappa shape index (κ2) is 7.55. The molecule has 0 aliphatic heterocycles. The number of nitrogens with zero attached hydrogens (tertiary/aromatic N) is 3. The molecule has 3 aromatic rings. The number of nitrogens with one attached hydrogen (secondary N) is 1. The predicted molar refractivity (Wildman–Crippen MR) is 93.4 cm³/mol. The molecule has 124 valence electrons. The summed E-state index contributed by atoms with van der Waals surface area (Å²) in [6.45, 7) is 2.44. The first kappa shape index (κ1) is 16.6. The molecule has 0 unspecified atom stereocenters. The molecule has 0 fully saturated rings. The zero-order chi connectivity index (χ0) is 16.9. The summed E-state index contributed by atoms with van der Waals surface area (Å²) in [4.78, 5) is 12.1. The molecule has 8 heteroatoms. The highest BCUT2D eigenvalue weighted by molar-refractivity contribution is 7.99. The van der Waals surface area contributed by atoms with Gasteiger partial charge in [0.1, 0.15) is 12.1 Å². The molecule has 0 radical (unpaired) electrons. The fourth-order valence-electron chi connectivity index (χ4n) is 2.08. The smallest absolute Gasteiger partial charge is 0.234 e. The van der Waals surface area contributed by atoms with Crippen molar-refractivity contribution in [3.05, 3.63) is 59.3 Å². The van der Waals surface area contributed by atoms with Gasteiger partial charge in [-0.25, -0.2) is 0 Å². The topological polar surface area (TPSA) is 73.0 Å². The van der Waals surface area contributed by atoms with Crippen LogP contribution in [-0.2, 0) is 11.3 Å². The number of anilines is 1. The summed E-state index contributed by atoms with van der Waals surface area (Å²) in [5.41, 5.74) is 1.67. The zero-order valence-electron chi connectivity index (χ0n) is 12.9. The molecule has 2 heterocycles. The van der Waals surface area contributed by atoms with E-state index in [1.807, 2.05) is 29.7 Å². The van der Waals surface area contributed by atoms with Gasteiger partial charge in [0, 0.05) is 10.7 Å². The van der Waals surface area contributed by atoms with Crippen LogP contribution >= 0.6 is 23.4 Å². The molecule has 0 saturated carbocycles. The third-order valence-electron chi connectivity index (χ3n) is 3.29. The number of rotatable bonds is 6. The van der Waals surface area contributed by atoms with Crippen LogP contribution < -0.4 is 5.32 Å². The summed E-state index contributed by atoms with van der Waals surface area (Å²) in [5, 5.41) is 12.0. The van der Waals surface area contributed by atoms with Gasteiger partial charge in [0.25, 0.3) is 0 Å². The van der Waals surface area contributed by atoms with Gasteiger partial charge in [-0.1, -0.05) is 29.4 Å². The normalized spacial score (nSPS) is 10.8. The first-order chi connectivity index (χ1) is 11.6. The van der Waals surface area contributed by atoms with Crippen LogP contribution in [-0.4, -0.2) is 26.4 Å². The zero-order valence-corrected chi connectivity index (χ0v) is 14.5. The molecule has 2 aromatic heterocycles. The van der Waals surface area contributed by atoms with E-state index >= 15 is 0 Å². The summed E-state index contributed by atoms with van der Waals surface area (Å²) >= 11 is 7.28. The molecule has 3 rings (SSSR count). The Morgan fingerprint density at radius 1 is 1.42 bits per heavy atom. The first-order valence-electron chi connectivity index (χ1n) is 7.21. The highest BCUT2D eigenvalue weighted by Crippen LogP contribution is 2.21. The molecular formula is C16H15ClN4O2S. The molecule has 0 atom stereocenters. The minimum absolute atomic E-state index is 0.127. The SMILES string of the molecule is Cc1ccc(Cl)cc1NC(=O)CSc1nncn1Cc1ccco1. The van der Waals surface area contributed by atoms with Crippen molar-refractivity contribution in [2.75, 3.05) is 11.1 Å². The lowest BCUT2D eigenvalue weighted by molar-refractivity contribution is -0.113. The lowest BCUT2D eigenvalue weighted by Gasteiger charge is -2.09. The minimum atomic E-state index is -0.127. The van der Waals surface area contributed by atoms with E-state index in [2.05, 4.69) is 15.5 Å². The summed E-state index contributed by atoms with van der Waals surface area (Å²) in [6, 6.07) is 9.10. The van der Waals surface area contributed by atoms with Crippen LogP contribution in [0, 0.1) is 6.92 Å². The van der Waals surface area contributed by atoms with Gasteiger partial charge < -0.3 is 14.3 Å². The van der Waals surface area contributed by atoms with Gasteiger partial charge in [0.05, 0.1) is 18.6 Å². The molecule has 6 nitrogen and oxygen atoms in total. The standard InChI is InChI=1S/C16H15ClN4O2S/c1-11-4-5-12(17)7-14(11)19-15(22)9-24-16-20-18-10-21(16)8-13-3-2-6-23-13/h2-7,10H,8-9H2,1H3,(H,19,22). The van der Waals surface area contributed by atoms with Gasteiger partial charge >= 0.3 is 0 Å². The van der Waals surface area contributed by atoms with Crippen LogP contribution in [0.2, 0.25) is 5.02 Å². The monoisotopic (exact) mass is 362 g/mol. The van der Waals surface area contributed by atoms with Crippen LogP contribution in [0.3, 0.4) is 0 Å². The van der Waals surface area contributed by atoms with Gasteiger partial charge in [-0.2, -0.15) is 0 Å². The summed E-state index contributed by atoms with van der Waals surface area (Å²) in [5.74, 6) is 0.900. The Labute approximate surface area is 148 Å². The van der Waals surface area contributed by atoms with Crippen LogP contribution in [0.1, 0.15) is 11.3 Å². The maximum atomic E-state index is 12.1. The average molecular weight is 363 g/mol. The van der Waals surface area contributed by atoms with Crippen molar-refractivity contribution in [2.24, 2.45) is 0 Å². The number of thioether (sulfide) groups is 1. The van der Waals surface area contributed by atoms with E-state index in [-0.39, 0.29) is 11.7 Å². The number of hydrogen-bond donors (Lipinski definition) is 1. The van der Waals surface area contributed by atoms with Crippen LogP contribution in [0.5, 0.6) is 0 Å². The number of aromatic nitrogens is 3. The van der Waals surface area contributed by atoms with E-state index in [4.69, 9.17) is 16.0 Å². The summed E-state index contributed by atoms with van der Waals surface area (Å²) in [7, 11) is 0. The van der Waals surface area contributed by atoms with E-state index in [0.717, 1.165) is 11.3 Å². The number of carbonyl (C=O) groups excluding carboxylic acids is 1. The third-order valence-corrected chi connectivity index (χ3v) is 4.51. The molecule has 1 N–H and O–H groups in total. The fraction of sp³-hybridized carbons (Fsp3) is 0.188. The van der Waals surface area contributed by atoms with E-state index < -0.39 is 0 Å². The lowest BCUT2D eigenvalue weighted by atomic mass is 10.2. The Kier molecular flexibility index (Phi) is 5.22. The Morgan fingerprint density at radius 3 is 3.08 bits per heavy atom. The average Bonchev–Trinajstić information content (AvgIpc) is 3.21. The van der Waals surface area contributed by atoms with Gasteiger partial charge in [-0.15, -0.1) is 10.2 Å². The largest absolute Gasteiger partial charge is 0.467 e. The van der Waals surface area contributed by atoms with Crippen LogP contribution in [0.15, 0.2) is 52.5 Å². The number of carbonyl (C=O) groups is 1. The van der Waals surface area contributed by atoms with Crippen molar-refractivity contribution in [1.82, 2.24) is 14.8 Å².